The fourth-order valence-electron chi connectivity index (χ4n) is 1.70. The minimum absolute atomic E-state index is 0.0667. The van der Waals surface area contributed by atoms with Crippen molar-refractivity contribution in [1.29, 1.82) is 0 Å². The molecule has 102 valence electrons. The first-order chi connectivity index (χ1) is 8.35. The van der Waals surface area contributed by atoms with Crippen molar-refractivity contribution < 1.29 is 12.8 Å². The molecule has 4 nitrogen and oxygen atoms in total. The first kappa shape index (κ1) is 15.6. The molecule has 1 rings (SSSR count). The summed E-state index contributed by atoms with van der Waals surface area (Å²) in [6, 6.07) is 4.25. The standard InChI is InChI=1S/C11H16BrFN2O2S/c1-18(16,17)7-3-6-10(15-14)11-8(12)4-2-5-9(11)13/h2,4-5,10,15H,3,6-7,14H2,1H3. The molecule has 0 radical (unpaired) electrons. The number of rotatable bonds is 6. The molecule has 0 amide bonds. The summed E-state index contributed by atoms with van der Waals surface area (Å²) in [6.45, 7) is 0. The number of nitrogens with two attached hydrogens (primary N) is 1. The summed E-state index contributed by atoms with van der Waals surface area (Å²) in [5.41, 5.74) is 2.95. The molecule has 0 saturated heterocycles. The Morgan fingerprint density at radius 1 is 1.50 bits per heavy atom. The van der Waals surface area contributed by atoms with Crippen LogP contribution in [0.5, 0.6) is 0 Å². The maximum atomic E-state index is 13.7. The van der Waals surface area contributed by atoms with Crippen LogP contribution >= 0.6 is 15.9 Å². The Bertz CT molecular complexity index is 488. The highest BCUT2D eigenvalue weighted by molar-refractivity contribution is 9.10. The molecular formula is C11H16BrFN2O2S. The Hall–Kier alpha value is -0.500. The van der Waals surface area contributed by atoms with Crippen molar-refractivity contribution in [2.75, 3.05) is 12.0 Å². The number of hydrogen-bond acceptors (Lipinski definition) is 4. The van der Waals surface area contributed by atoms with Gasteiger partial charge in [0, 0.05) is 22.0 Å². The lowest BCUT2D eigenvalue weighted by Crippen LogP contribution is -2.29. The second kappa shape index (κ2) is 6.60. The van der Waals surface area contributed by atoms with Gasteiger partial charge in [-0.25, -0.2) is 12.8 Å². The van der Waals surface area contributed by atoms with Gasteiger partial charge in [0.15, 0.2) is 0 Å². The van der Waals surface area contributed by atoms with E-state index in [4.69, 9.17) is 5.84 Å². The van der Waals surface area contributed by atoms with Crippen molar-refractivity contribution in [1.82, 2.24) is 5.43 Å². The van der Waals surface area contributed by atoms with Gasteiger partial charge in [-0.3, -0.25) is 11.3 Å². The van der Waals surface area contributed by atoms with Gasteiger partial charge in [0.05, 0.1) is 6.04 Å². The first-order valence-electron chi connectivity index (χ1n) is 5.43. The van der Waals surface area contributed by atoms with E-state index in [1.807, 2.05) is 0 Å². The smallest absolute Gasteiger partial charge is 0.147 e. The maximum Gasteiger partial charge on any atom is 0.147 e. The molecular weight excluding hydrogens is 323 g/mol. The lowest BCUT2D eigenvalue weighted by atomic mass is 10.0. The maximum absolute atomic E-state index is 13.7. The van der Waals surface area contributed by atoms with Crippen LogP contribution in [0.2, 0.25) is 0 Å². The summed E-state index contributed by atoms with van der Waals surface area (Å²) in [6.07, 6.45) is 2.05. The SMILES string of the molecule is CS(=O)(=O)CCCC(NN)c1c(F)cccc1Br. The average Bonchev–Trinajstić information content (AvgIpc) is 2.25. The zero-order chi connectivity index (χ0) is 13.8. The molecule has 0 aliphatic heterocycles. The van der Waals surface area contributed by atoms with Crippen LogP contribution in [0.1, 0.15) is 24.4 Å². The fourth-order valence-corrected chi connectivity index (χ4v) is 3.01. The Morgan fingerprint density at radius 3 is 2.67 bits per heavy atom. The van der Waals surface area contributed by atoms with Gasteiger partial charge in [-0.1, -0.05) is 22.0 Å². The molecule has 18 heavy (non-hydrogen) atoms. The van der Waals surface area contributed by atoms with Crippen LogP contribution < -0.4 is 11.3 Å². The van der Waals surface area contributed by atoms with Crippen molar-refractivity contribution in [2.45, 2.75) is 18.9 Å². The number of halogens is 2. The Labute approximate surface area is 115 Å². The van der Waals surface area contributed by atoms with E-state index in [1.54, 1.807) is 12.1 Å². The van der Waals surface area contributed by atoms with Crippen LogP contribution in [0, 0.1) is 5.82 Å². The van der Waals surface area contributed by atoms with E-state index in [2.05, 4.69) is 21.4 Å². The second-order valence-corrected chi connectivity index (χ2v) is 7.24. The molecule has 0 saturated carbocycles. The van der Waals surface area contributed by atoms with Gasteiger partial charge in [0.25, 0.3) is 0 Å². The predicted octanol–water partition coefficient (Wildman–Crippen LogP) is 1.92. The molecule has 1 unspecified atom stereocenters. The van der Waals surface area contributed by atoms with E-state index >= 15 is 0 Å². The minimum Gasteiger partial charge on any atom is -0.271 e. The third-order valence-corrected chi connectivity index (χ3v) is 4.28. The minimum atomic E-state index is -3.00. The molecule has 3 N–H and O–H groups in total. The van der Waals surface area contributed by atoms with E-state index in [0.717, 1.165) is 0 Å². The van der Waals surface area contributed by atoms with Gasteiger partial charge in [0.2, 0.25) is 0 Å². The summed E-state index contributed by atoms with van der Waals surface area (Å²) < 4.78 is 36.4. The molecule has 0 spiro atoms. The number of benzene rings is 1. The van der Waals surface area contributed by atoms with Gasteiger partial charge < -0.3 is 0 Å². The van der Waals surface area contributed by atoms with Gasteiger partial charge >= 0.3 is 0 Å². The molecule has 0 heterocycles. The van der Waals surface area contributed by atoms with Crippen molar-refractivity contribution in [3.05, 3.63) is 34.1 Å². The van der Waals surface area contributed by atoms with E-state index in [1.165, 1.54) is 12.3 Å². The van der Waals surface area contributed by atoms with Gasteiger partial charge in [0.1, 0.15) is 15.7 Å². The number of hydrogen-bond donors (Lipinski definition) is 2. The lowest BCUT2D eigenvalue weighted by Gasteiger charge is -2.18. The van der Waals surface area contributed by atoms with E-state index < -0.39 is 15.9 Å². The Kier molecular flexibility index (Phi) is 5.71. The molecule has 1 aromatic rings. The molecule has 0 aliphatic carbocycles. The van der Waals surface area contributed by atoms with Gasteiger partial charge in [-0.05, 0) is 25.0 Å². The molecule has 0 bridgehead atoms. The van der Waals surface area contributed by atoms with Crippen LogP contribution in [0.25, 0.3) is 0 Å². The third kappa shape index (κ3) is 4.64. The lowest BCUT2D eigenvalue weighted by molar-refractivity contribution is 0.478. The number of sulfone groups is 1. The van der Waals surface area contributed by atoms with E-state index in [0.29, 0.717) is 22.9 Å². The number of nitrogens with one attached hydrogen (secondary N) is 1. The Morgan fingerprint density at radius 2 is 2.17 bits per heavy atom. The van der Waals surface area contributed by atoms with Gasteiger partial charge in [-0.2, -0.15) is 0 Å². The van der Waals surface area contributed by atoms with Crippen molar-refractivity contribution in [3.8, 4) is 0 Å². The van der Waals surface area contributed by atoms with Crippen LogP contribution in [0.4, 0.5) is 4.39 Å². The molecule has 0 aromatic heterocycles. The van der Waals surface area contributed by atoms with E-state index in [9.17, 15) is 12.8 Å². The largest absolute Gasteiger partial charge is 0.271 e. The van der Waals surface area contributed by atoms with Crippen LogP contribution in [0.3, 0.4) is 0 Å². The van der Waals surface area contributed by atoms with Gasteiger partial charge in [-0.15, -0.1) is 0 Å². The van der Waals surface area contributed by atoms with Crippen molar-refractivity contribution in [3.63, 3.8) is 0 Å². The van der Waals surface area contributed by atoms with Crippen LogP contribution in [0.15, 0.2) is 22.7 Å². The van der Waals surface area contributed by atoms with Crippen LogP contribution in [-0.4, -0.2) is 20.4 Å². The molecule has 7 heteroatoms. The number of hydrazine groups is 1. The normalized spacial score (nSPS) is 13.6. The quantitative estimate of drug-likeness (QED) is 0.614. The third-order valence-electron chi connectivity index (χ3n) is 2.56. The molecule has 0 fully saturated rings. The first-order valence-corrected chi connectivity index (χ1v) is 8.28. The second-order valence-electron chi connectivity index (χ2n) is 4.13. The van der Waals surface area contributed by atoms with Crippen molar-refractivity contribution >= 4 is 25.8 Å². The summed E-state index contributed by atoms with van der Waals surface area (Å²) >= 11 is 3.27. The average molecular weight is 339 g/mol. The monoisotopic (exact) mass is 338 g/mol. The summed E-state index contributed by atoms with van der Waals surface area (Å²) in [7, 11) is -3.00. The Balaban J connectivity index is 2.78. The fraction of sp³-hybridized carbons (Fsp3) is 0.455. The zero-order valence-electron chi connectivity index (χ0n) is 9.99. The molecule has 1 aromatic carbocycles. The highest BCUT2D eigenvalue weighted by atomic mass is 79.9. The summed E-state index contributed by atoms with van der Waals surface area (Å²) in [4.78, 5) is 0. The highest BCUT2D eigenvalue weighted by Crippen LogP contribution is 2.28. The predicted molar refractivity (Wildman–Crippen MR) is 73.1 cm³/mol. The topological polar surface area (TPSA) is 72.2 Å². The van der Waals surface area contributed by atoms with Crippen LogP contribution in [-0.2, 0) is 9.84 Å². The highest BCUT2D eigenvalue weighted by Gasteiger charge is 2.17. The zero-order valence-corrected chi connectivity index (χ0v) is 12.4. The summed E-state index contributed by atoms with van der Waals surface area (Å²) in [5, 5.41) is 0. The van der Waals surface area contributed by atoms with E-state index in [-0.39, 0.29) is 11.6 Å². The summed E-state index contributed by atoms with van der Waals surface area (Å²) in [5.74, 6) is 5.10. The van der Waals surface area contributed by atoms with Crippen molar-refractivity contribution in [2.24, 2.45) is 5.84 Å². The molecule has 1 atom stereocenters. The molecule has 0 aliphatic rings.